The summed E-state index contributed by atoms with van der Waals surface area (Å²) in [7, 11) is 0. The Morgan fingerprint density at radius 1 is 1.48 bits per heavy atom. The number of alkyl halides is 3. The number of esters is 1. The lowest BCUT2D eigenvalue weighted by Crippen LogP contribution is -2.33. The number of aromatic nitrogens is 1. The van der Waals surface area contributed by atoms with E-state index in [2.05, 4.69) is 4.74 Å². The highest BCUT2D eigenvalue weighted by atomic mass is 35.5. The number of nitrogens with two attached hydrogens (primary N) is 1. The van der Waals surface area contributed by atoms with Crippen LogP contribution in [-0.2, 0) is 27.0 Å². The van der Waals surface area contributed by atoms with Crippen molar-refractivity contribution < 1.29 is 27.5 Å². The maximum absolute atomic E-state index is 12.6. The van der Waals surface area contributed by atoms with Crippen molar-refractivity contribution in [2.45, 2.75) is 25.7 Å². The molecule has 10 heteroatoms. The molecule has 0 spiro atoms. The molecule has 0 saturated heterocycles. The molecule has 0 aromatic carbocycles. The van der Waals surface area contributed by atoms with Gasteiger partial charge in [-0.25, -0.2) is 0 Å². The monoisotopic (exact) mass is 326 g/mol. The summed E-state index contributed by atoms with van der Waals surface area (Å²) in [6, 6.07) is 0.456. The van der Waals surface area contributed by atoms with Crippen molar-refractivity contribution in [2.24, 2.45) is 5.73 Å². The molecule has 1 amide bonds. The molecular formula is C11H10ClF3N2O4. The molecule has 0 aliphatic carbocycles. The van der Waals surface area contributed by atoms with E-state index in [1.807, 2.05) is 0 Å². The Balaban J connectivity index is 3.03. The van der Waals surface area contributed by atoms with Gasteiger partial charge in [0, 0.05) is 6.20 Å². The number of hydrogen-bond donors (Lipinski definition) is 1. The van der Waals surface area contributed by atoms with Gasteiger partial charge in [-0.1, -0.05) is 11.6 Å². The van der Waals surface area contributed by atoms with Crippen molar-refractivity contribution in [3.05, 3.63) is 33.2 Å². The molecule has 1 atom stereocenters. The summed E-state index contributed by atoms with van der Waals surface area (Å²) in [5, 5.41) is -0.694. The topological polar surface area (TPSA) is 91.4 Å². The number of halogens is 4. The standard InChI is InChI=1S/C11H10ClF3N2O4/c1-5(9(16)19)21-8(18)4-17-3-6(11(13,14)15)2-7(12)10(17)20/h2-3,5H,4H2,1H3,(H2,16,19)/t5-/m0/s1. The highest BCUT2D eigenvalue weighted by Crippen LogP contribution is 2.29. The molecule has 1 aromatic rings. The quantitative estimate of drug-likeness (QED) is 0.833. The smallest absolute Gasteiger partial charge is 0.417 e. The Kier molecular flexibility index (Phi) is 5.00. The van der Waals surface area contributed by atoms with Crippen LogP contribution in [0.3, 0.4) is 0 Å². The van der Waals surface area contributed by atoms with E-state index in [1.54, 1.807) is 0 Å². The van der Waals surface area contributed by atoms with Crippen molar-refractivity contribution in [2.75, 3.05) is 0 Å². The largest absolute Gasteiger partial charge is 0.451 e. The Bertz CT molecular complexity index is 627. The fourth-order valence-corrected chi connectivity index (χ4v) is 1.53. The van der Waals surface area contributed by atoms with Gasteiger partial charge in [0.25, 0.3) is 11.5 Å². The van der Waals surface area contributed by atoms with Gasteiger partial charge in [-0.3, -0.25) is 14.4 Å². The van der Waals surface area contributed by atoms with Crippen LogP contribution in [0.1, 0.15) is 12.5 Å². The molecule has 0 aliphatic heterocycles. The predicted octanol–water partition coefficient (Wildman–Crippen LogP) is 0.938. The molecule has 6 nitrogen and oxygen atoms in total. The van der Waals surface area contributed by atoms with Crippen molar-refractivity contribution in [1.82, 2.24) is 4.57 Å². The van der Waals surface area contributed by atoms with Crippen LogP contribution in [0.15, 0.2) is 17.1 Å². The number of amides is 1. The van der Waals surface area contributed by atoms with E-state index in [1.165, 1.54) is 6.92 Å². The number of primary amides is 1. The summed E-state index contributed by atoms with van der Waals surface area (Å²) in [4.78, 5) is 33.7. The second-order valence-corrected chi connectivity index (χ2v) is 4.45. The zero-order valence-electron chi connectivity index (χ0n) is 10.6. The number of hydrogen-bond acceptors (Lipinski definition) is 4. The molecule has 1 aromatic heterocycles. The van der Waals surface area contributed by atoms with Crippen LogP contribution < -0.4 is 11.3 Å². The van der Waals surface area contributed by atoms with Gasteiger partial charge in [-0.2, -0.15) is 13.2 Å². The third kappa shape index (κ3) is 4.48. The van der Waals surface area contributed by atoms with E-state index in [0.717, 1.165) is 0 Å². The number of ether oxygens (including phenoxy) is 1. The summed E-state index contributed by atoms with van der Waals surface area (Å²) in [5.74, 6) is -2.03. The van der Waals surface area contributed by atoms with Gasteiger partial charge >= 0.3 is 12.1 Å². The second kappa shape index (κ2) is 6.17. The Morgan fingerprint density at radius 2 is 2.05 bits per heavy atom. The zero-order chi connectivity index (χ0) is 16.4. The first-order valence-corrected chi connectivity index (χ1v) is 5.86. The summed E-state index contributed by atoms with van der Waals surface area (Å²) >= 11 is 5.41. The van der Waals surface area contributed by atoms with Crippen LogP contribution in [0.4, 0.5) is 13.2 Å². The molecule has 116 valence electrons. The molecule has 0 fully saturated rings. The molecule has 0 unspecified atom stereocenters. The van der Waals surface area contributed by atoms with Crippen LogP contribution in [0.2, 0.25) is 5.02 Å². The molecule has 1 heterocycles. The van der Waals surface area contributed by atoms with Gasteiger partial charge in [0.2, 0.25) is 0 Å². The average molecular weight is 327 g/mol. The molecule has 1 rings (SSSR count). The van der Waals surface area contributed by atoms with Gasteiger partial charge in [0.05, 0.1) is 5.56 Å². The van der Waals surface area contributed by atoms with Crippen LogP contribution in [0, 0.1) is 0 Å². The van der Waals surface area contributed by atoms with Crippen LogP contribution in [0.5, 0.6) is 0 Å². The lowest BCUT2D eigenvalue weighted by molar-refractivity contribution is -0.154. The number of rotatable bonds is 4. The Labute approximate surface area is 121 Å². The SMILES string of the molecule is C[C@H](OC(=O)Cn1cc(C(F)(F)F)cc(Cl)c1=O)C(N)=O. The maximum Gasteiger partial charge on any atom is 0.417 e. The minimum absolute atomic E-state index is 0.435. The third-order valence-corrected chi connectivity index (χ3v) is 2.65. The van der Waals surface area contributed by atoms with E-state index in [-0.39, 0.29) is 0 Å². The number of carbonyl (C=O) groups excluding carboxylic acids is 2. The van der Waals surface area contributed by atoms with Gasteiger partial charge in [0.15, 0.2) is 6.10 Å². The fourth-order valence-electron chi connectivity index (χ4n) is 1.30. The lowest BCUT2D eigenvalue weighted by atomic mass is 10.2. The summed E-state index contributed by atoms with van der Waals surface area (Å²) in [5.41, 5.74) is 2.67. The zero-order valence-corrected chi connectivity index (χ0v) is 11.4. The molecular weight excluding hydrogens is 317 g/mol. The summed E-state index contributed by atoms with van der Waals surface area (Å²) < 4.78 is 42.7. The third-order valence-electron chi connectivity index (χ3n) is 2.38. The van der Waals surface area contributed by atoms with E-state index >= 15 is 0 Å². The highest BCUT2D eigenvalue weighted by Gasteiger charge is 2.32. The summed E-state index contributed by atoms with van der Waals surface area (Å²) in [6.07, 6.45) is -5.57. The predicted molar refractivity (Wildman–Crippen MR) is 65.5 cm³/mol. The van der Waals surface area contributed by atoms with Gasteiger partial charge in [-0.15, -0.1) is 0 Å². The minimum atomic E-state index is -4.73. The van der Waals surface area contributed by atoms with Gasteiger partial charge < -0.3 is 15.0 Å². The molecule has 0 radical (unpaired) electrons. The van der Waals surface area contributed by atoms with Crippen LogP contribution in [-0.4, -0.2) is 22.5 Å². The minimum Gasteiger partial charge on any atom is -0.451 e. The average Bonchev–Trinajstić information content (AvgIpc) is 2.33. The van der Waals surface area contributed by atoms with Gasteiger partial charge in [-0.05, 0) is 13.0 Å². The van der Waals surface area contributed by atoms with Crippen molar-refractivity contribution in [3.8, 4) is 0 Å². The number of carbonyl (C=O) groups is 2. The lowest BCUT2D eigenvalue weighted by Gasteiger charge is -2.13. The molecule has 21 heavy (non-hydrogen) atoms. The molecule has 2 N–H and O–H groups in total. The van der Waals surface area contributed by atoms with Crippen molar-refractivity contribution in [1.29, 1.82) is 0 Å². The van der Waals surface area contributed by atoms with E-state index in [9.17, 15) is 27.6 Å². The maximum atomic E-state index is 12.6. The highest BCUT2D eigenvalue weighted by molar-refractivity contribution is 6.30. The van der Waals surface area contributed by atoms with E-state index < -0.39 is 46.8 Å². The first-order valence-electron chi connectivity index (χ1n) is 5.48. The second-order valence-electron chi connectivity index (χ2n) is 4.04. The summed E-state index contributed by atoms with van der Waals surface area (Å²) in [6.45, 7) is 0.349. The first kappa shape index (κ1) is 17.0. The first-order chi connectivity index (χ1) is 9.52. The number of nitrogens with zero attached hydrogens (tertiary/aromatic N) is 1. The Morgan fingerprint density at radius 3 is 2.52 bits per heavy atom. The van der Waals surface area contributed by atoms with Crippen molar-refractivity contribution in [3.63, 3.8) is 0 Å². The molecule has 0 aliphatic rings. The molecule has 0 saturated carbocycles. The molecule has 0 bridgehead atoms. The van der Waals surface area contributed by atoms with Crippen molar-refractivity contribution >= 4 is 23.5 Å². The normalized spacial score (nSPS) is 12.8. The van der Waals surface area contributed by atoms with Crippen LogP contribution in [0.25, 0.3) is 0 Å². The fraction of sp³-hybridized carbons (Fsp3) is 0.364. The van der Waals surface area contributed by atoms with Gasteiger partial charge in [0.1, 0.15) is 11.6 Å². The van der Waals surface area contributed by atoms with E-state index in [4.69, 9.17) is 17.3 Å². The number of pyridine rings is 1. The Hall–Kier alpha value is -2.03. The van der Waals surface area contributed by atoms with E-state index in [0.29, 0.717) is 16.8 Å². The van der Waals surface area contributed by atoms with Crippen LogP contribution >= 0.6 is 11.6 Å².